The van der Waals surface area contributed by atoms with Crippen molar-refractivity contribution in [1.82, 2.24) is 0 Å². The number of hydrogen-bond acceptors (Lipinski definition) is 6. The Hall–Kier alpha value is -1.02. The molecule has 4 atom stereocenters. The lowest BCUT2D eigenvalue weighted by Crippen LogP contribution is -2.44. The van der Waals surface area contributed by atoms with Crippen molar-refractivity contribution in [2.45, 2.75) is 67.7 Å². The van der Waals surface area contributed by atoms with Crippen molar-refractivity contribution >= 4 is 23.5 Å². The van der Waals surface area contributed by atoms with Crippen LogP contribution in [0.15, 0.2) is 58.3 Å². The van der Waals surface area contributed by atoms with Gasteiger partial charge in [0, 0.05) is 21.3 Å². The van der Waals surface area contributed by atoms with Gasteiger partial charge in [0.1, 0.15) is 12.2 Å². The molecule has 0 radical (unpaired) electrons. The summed E-state index contributed by atoms with van der Waals surface area (Å²) < 4.78 is 11.9. The summed E-state index contributed by atoms with van der Waals surface area (Å²) in [5, 5.41) is 21.6. The normalized spacial score (nSPS) is 23.1. The predicted octanol–water partition coefficient (Wildman–Crippen LogP) is 4.43. The Kier molecular flexibility index (Phi) is 7.70. The van der Waals surface area contributed by atoms with Crippen molar-refractivity contribution in [3.05, 3.63) is 59.7 Å². The second-order valence-corrected chi connectivity index (χ2v) is 10.1. The minimum absolute atomic E-state index is 0.474. The van der Waals surface area contributed by atoms with Crippen LogP contribution in [0.1, 0.15) is 25.0 Å². The molecule has 29 heavy (non-hydrogen) atoms. The van der Waals surface area contributed by atoms with Crippen LogP contribution in [0.5, 0.6) is 0 Å². The first-order chi connectivity index (χ1) is 13.7. The zero-order valence-corrected chi connectivity index (χ0v) is 19.0. The fourth-order valence-electron chi connectivity index (χ4n) is 3.23. The molecule has 1 heterocycles. The molecule has 0 unspecified atom stereocenters. The molecule has 0 aromatic heterocycles. The van der Waals surface area contributed by atoms with Gasteiger partial charge in [0.2, 0.25) is 0 Å². The van der Waals surface area contributed by atoms with E-state index in [1.54, 1.807) is 23.5 Å². The van der Waals surface area contributed by atoms with E-state index in [0.717, 1.165) is 9.79 Å². The van der Waals surface area contributed by atoms with Crippen LogP contribution in [-0.2, 0) is 9.47 Å². The molecule has 1 aliphatic heterocycles. The summed E-state index contributed by atoms with van der Waals surface area (Å²) in [4.78, 5) is 2.19. The molecule has 1 saturated heterocycles. The molecule has 1 aliphatic rings. The maximum atomic E-state index is 10.8. The average Bonchev–Trinajstić information content (AvgIpc) is 3.02. The second kappa shape index (κ2) is 9.86. The van der Waals surface area contributed by atoms with E-state index in [9.17, 15) is 10.2 Å². The van der Waals surface area contributed by atoms with Gasteiger partial charge in [-0.15, -0.1) is 23.5 Å². The van der Waals surface area contributed by atoms with Gasteiger partial charge in [-0.25, -0.2) is 0 Å². The number of aliphatic hydroxyl groups excluding tert-OH is 2. The molecule has 2 N–H and O–H groups in total. The van der Waals surface area contributed by atoms with E-state index in [-0.39, 0.29) is 0 Å². The van der Waals surface area contributed by atoms with E-state index in [1.807, 2.05) is 38.1 Å². The Bertz CT molecular complexity index is 711. The van der Waals surface area contributed by atoms with Gasteiger partial charge in [-0.3, -0.25) is 0 Å². The molecular weight excluding hydrogens is 404 g/mol. The monoisotopic (exact) mass is 434 g/mol. The standard InChI is InChI=1S/C23H30O4S2/c1-15-5-9-17(10-6-15)28-13-19(24)21-22(27-23(3,4)26-21)20(25)14-29-18-11-7-16(2)8-12-18/h5-12,19-22,24-25H,13-14H2,1-4H3/t19-,20-,21-,22-/m1/s1. The van der Waals surface area contributed by atoms with E-state index in [0.29, 0.717) is 11.5 Å². The first-order valence-electron chi connectivity index (χ1n) is 9.84. The Balaban J connectivity index is 1.59. The summed E-state index contributed by atoms with van der Waals surface area (Å²) in [5.74, 6) is 0.114. The van der Waals surface area contributed by atoms with Crippen molar-refractivity contribution in [1.29, 1.82) is 0 Å². The Morgan fingerprint density at radius 1 is 0.759 bits per heavy atom. The quantitative estimate of drug-likeness (QED) is 0.600. The first-order valence-corrected chi connectivity index (χ1v) is 11.8. The number of aryl methyl sites for hydroxylation is 2. The van der Waals surface area contributed by atoms with Gasteiger partial charge in [0.25, 0.3) is 0 Å². The third-order valence-electron chi connectivity index (χ3n) is 4.81. The minimum atomic E-state index is -0.833. The predicted molar refractivity (Wildman–Crippen MR) is 120 cm³/mol. The van der Waals surface area contributed by atoms with Crippen molar-refractivity contribution in [2.75, 3.05) is 11.5 Å². The number of aliphatic hydroxyl groups is 2. The molecule has 6 heteroatoms. The Morgan fingerprint density at radius 2 is 1.10 bits per heavy atom. The number of hydrogen-bond donors (Lipinski definition) is 2. The number of benzene rings is 2. The van der Waals surface area contributed by atoms with E-state index < -0.39 is 30.2 Å². The molecule has 0 bridgehead atoms. The summed E-state index contributed by atoms with van der Waals surface area (Å²) in [6.45, 7) is 7.74. The van der Waals surface area contributed by atoms with Gasteiger partial charge in [-0.05, 0) is 52.0 Å². The van der Waals surface area contributed by atoms with E-state index in [4.69, 9.17) is 9.47 Å². The average molecular weight is 435 g/mol. The smallest absolute Gasteiger partial charge is 0.164 e. The summed E-state index contributed by atoms with van der Waals surface area (Å²) in [6.07, 6.45) is -2.63. The number of ether oxygens (including phenoxy) is 2. The number of thioether (sulfide) groups is 2. The highest BCUT2D eigenvalue weighted by molar-refractivity contribution is 7.99. The molecule has 4 nitrogen and oxygen atoms in total. The van der Waals surface area contributed by atoms with Crippen molar-refractivity contribution in [3.8, 4) is 0 Å². The second-order valence-electron chi connectivity index (χ2n) is 7.95. The Morgan fingerprint density at radius 3 is 1.45 bits per heavy atom. The molecule has 158 valence electrons. The summed E-state index contributed by atoms with van der Waals surface area (Å²) >= 11 is 3.15. The third kappa shape index (κ3) is 6.48. The molecule has 0 amide bonds. The summed E-state index contributed by atoms with van der Waals surface area (Å²) in [6, 6.07) is 16.4. The Labute approximate surface area is 182 Å². The molecule has 0 saturated carbocycles. The lowest BCUT2D eigenvalue weighted by Gasteiger charge is -2.25. The van der Waals surface area contributed by atoms with E-state index in [1.165, 1.54) is 11.1 Å². The lowest BCUT2D eigenvalue weighted by atomic mass is 10.1. The first kappa shape index (κ1) is 22.7. The highest BCUT2D eigenvalue weighted by Gasteiger charge is 2.47. The van der Waals surface area contributed by atoms with E-state index >= 15 is 0 Å². The van der Waals surface area contributed by atoms with Crippen LogP contribution in [-0.4, -0.2) is 51.9 Å². The van der Waals surface area contributed by atoms with Crippen molar-refractivity contribution in [3.63, 3.8) is 0 Å². The van der Waals surface area contributed by atoms with Gasteiger partial charge in [-0.1, -0.05) is 35.4 Å². The van der Waals surface area contributed by atoms with Crippen LogP contribution in [0, 0.1) is 13.8 Å². The van der Waals surface area contributed by atoms with E-state index in [2.05, 4.69) is 38.1 Å². The fraction of sp³-hybridized carbons (Fsp3) is 0.478. The van der Waals surface area contributed by atoms with Gasteiger partial charge >= 0.3 is 0 Å². The molecule has 0 aliphatic carbocycles. The van der Waals surface area contributed by atoms with Crippen LogP contribution in [0.3, 0.4) is 0 Å². The zero-order valence-electron chi connectivity index (χ0n) is 17.4. The molecule has 1 fully saturated rings. The van der Waals surface area contributed by atoms with Gasteiger partial charge in [0.05, 0.1) is 12.2 Å². The van der Waals surface area contributed by atoms with Crippen LogP contribution < -0.4 is 0 Å². The summed E-state index contributed by atoms with van der Waals surface area (Å²) in [5.41, 5.74) is 2.41. The third-order valence-corrected chi connectivity index (χ3v) is 7.03. The van der Waals surface area contributed by atoms with Crippen LogP contribution in [0.25, 0.3) is 0 Å². The lowest BCUT2D eigenvalue weighted by molar-refractivity contribution is -0.158. The largest absolute Gasteiger partial charge is 0.389 e. The maximum Gasteiger partial charge on any atom is 0.164 e. The van der Waals surface area contributed by atoms with Gasteiger partial charge in [0.15, 0.2) is 5.79 Å². The zero-order chi connectivity index (χ0) is 21.0. The van der Waals surface area contributed by atoms with Crippen LogP contribution in [0.2, 0.25) is 0 Å². The van der Waals surface area contributed by atoms with Crippen molar-refractivity contribution in [2.24, 2.45) is 0 Å². The summed E-state index contributed by atoms with van der Waals surface area (Å²) in [7, 11) is 0. The van der Waals surface area contributed by atoms with Crippen LogP contribution in [0.4, 0.5) is 0 Å². The molecular formula is C23H30O4S2. The molecule has 3 rings (SSSR count). The number of rotatable bonds is 8. The molecule has 2 aromatic rings. The highest BCUT2D eigenvalue weighted by Crippen LogP contribution is 2.35. The highest BCUT2D eigenvalue weighted by atomic mass is 32.2. The van der Waals surface area contributed by atoms with Gasteiger partial charge in [-0.2, -0.15) is 0 Å². The molecule has 0 spiro atoms. The molecule has 2 aromatic carbocycles. The topological polar surface area (TPSA) is 58.9 Å². The minimum Gasteiger partial charge on any atom is -0.389 e. The fourth-order valence-corrected chi connectivity index (χ4v) is 5.00. The van der Waals surface area contributed by atoms with Crippen LogP contribution >= 0.6 is 23.5 Å². The SMILES string of the molecule is Cc1ccc(SC[C@@H](O)[C@H]2OC(C)(C)O[C@@H]2[C@H](O)CSc2ccc(C)cc2)cc1. The van der Waals surface area contributed by atoms with Crippen molar-refractivity contribution < 1.29 is 19.7 Å². The van der Waals surface area contributed by atoms with Gasteiger partial charge < -0.3 is 19.7 Å². The maximum absolute atomic E-state index is 10.8.